The molecule has 1 heterocycles. The van der Waals surface area contributed by atoms with Crippen LogP contribution in [0.25, 0.3) is 0 Å². The van der Waals surface area contributed by atoms with E-state index in [0.29, 0.717) is 37.8 Å². The molecule has 0 aliphatic rings. The zero-order valence-electron chi connectivity index (χ0n) is 15.5. The summed E-state index contributed by atoms with van der Waals surface area (Å²) in [6.45, 7) is 1.04. The van der Waals surface area contributed by atoms with Crippen molar-refractivity contribution < 1.29 is 22.7 Å². The van der Waals surface area contributed by atoms with Gasteiger partial charge in [0.05, 0.1) is 6.26 Å². The van der Waals surface area contributed by atoms with Gasteiger partial charge >= 0.3 is 6.61 Å². The van der Waals surface area contributed by atoms with Gasteiger partial charge in [-0.2, -0.15) is 8.78 Å². The highest BCUT2D eigenvalue weighted by atomic mass is 19.3. The molecule has 0 amide bonds. The summed E-state index contributed by atoms with van der Waals surface area (Å²) in [5.41, 5.74) is 1.60. The molecule has 0 unspecified atom stereocenters. The van der Waals surface area contributed by atoms with Crippen molar-refractivity contribution in [2.45, 2.75) is 33.1 Å². The van der Waals surface area contributed by atoms with Crippen LogP contribution in [0.5, 0.6) is 5.75 Å². The molecule has 0 saturated heterocycles. The molecule has 1 aromatic heterocycles. The lowest BCUT2D eigenvalue weighted by molar-refractivity contribution is -0.0504. The van der Waals surface area contributed by atoms with Crippen LogP contribution in [0, 0.1) is 6.92 Å². The van der Waals surface area contributed by atoms with Crippen LogP contribution < -0.4 is 15.4 Å². The standard InChI is InChI=1S/C19H25F2N3O3/c1-14-6-7-17(27-18(20)21)15(11-14)12-24-19(22-2)23-8-4-9-25-13-16-5-3-10-26-16/h3,5-7,10-11,18H,4,8-9,12-13H2,1-2H3,(H2,22,23,24). The molecule has 0 fully saturated rings. The van der Waals surface area contributed by atoms with Gasteiger partial charge in [0.15, 0.2) is 5.96 Å². The Kier molecular flexibility index (Phi) is 8.57. The van der Waals surface area contributed by atoms with Crippen LogP contribution in [0.2, 0.25) is 0 Å². The van der Waals surface area contributed by atoms with Gasteiger partial charge in [-0.3, -0.25) is 4.99 Å². The Bertz CT molecular complexity index is 706. The molecular formula is C19H25F2N3O3. The second-order valence-electron chi connectivity index (χ2n) is 5.83. The fraction of sp³-hybridized carbons (Fsp3) is 0.421. The normalized spacial score (nSPS) is 11.7. The van der Waals surface area contributed by atoms with Gasteiger partial charge in [-0.15, -0.1) is 0 Å². The highest BCUT2D eigenvalue weighted by Crippen LogP contribution is 2.21. The molecule has 27 heavy (non-hydrogen) atoms. The molecule has 8 heteroatoms. The Balaban J connectivity index is 1.71. The number of alkyl halides is 2. The molecule has 2 N–H and O–H groups in total. The average molecular weight is 381 g/mol. The van der Waals surface area contributed by atoms with Gasteiger partial charge in [0.1, 0.15) is 18.1 Å². The minimum Gasteiger partial charge on any atom is -0.467 e. The molecule has 0 bridgehead atoms. The van der Waals surface area contributed by atoms with Crippen molar-refractivity contribution in [1.82, 2.24) is 10.6 Å². The molecule has 0 spiro atoms. The molecule has 6 nitrogen and oxygen atoms in total. The topological polar surface area (TPSA) is 68.0 Å². The van der Waals surface area contributed by atoms with Crippen molar-refractivity contribution in [3.8, 4) is 5.75 Å². The fourth-order valence-electron chi connectivity index (χ4n) is 2.41. The summed E-state index contributed by atoms with van der Waals surface area (Å²) in [4.78, 5) is 4.12. The van der Waals surface area contributed by atoms with Crippen LogP contribution in [0.4, 0.5) is 8.78 Å². The second kappa shape index (κ2) is 11.2. The number of ether oxygens (including phenoxy) is 2. The Morgan fingerprint density at radius 3 is 2.81 bits per heavy atom. The lowest BCUT2D eigenvalue weighted by Gasteiger charge is -2.15. The first-order valence-corrected chi connectivity index (χ1v) is 8.67. The van der Waals surface area contributed by atoms with Crippen LogP contribution in [0.3, 0.4) is 0 Å². The van der Waals surface area contributed by atoms with Gasteiger partial charge in [-0.05, 0) is 31.5 Å². The maximum atomic E-state index is 12.5. The van der Waals surface area contributed by atoms with E-state index in [0.717, 1.165) is 17.7 Å². The Hall–Kier alpha value is -2.61. The van der Waals surface area contributed by atoms with Crippen molar-refractivity contribution in [3.63, 3.8) is 0 Å². The average Bonchev–Trinajstić information content (AvgIpc) is 3.15. The van der Waals surface area contributed by atoms with E-state index in [4.69, 9.17) is 9.15 Å². The van der Waals surface area contributed by atoms with Crippen molar-refractivity contribution in [3.05, 3.63) is 53.5 Å². The molecule has 148 valence electrons. The van der Waals surface area contributed by atoms with E-state index in [2.05, 4.69) is 20.4 Å². The van der Waals surface area contributed by atoms with Crippen LogP contribution >= 0.6 is 0 Å². The highest BCUT2D eigenvalue weighted by Gasteiger charge is 2.10. The number of hydrogen-bond donors (Lipinski definition) is 2. The molecule has 0 aliphatic heterocycles. The van der Waals surface area contributed by atoms with Crippen molar-refractivity contribution in [2.75, 3.05) is 20.2 Å². The monoisotopic (exact) mass is 381 g/mol. The number of nitrogens with zero attached hydrogens (tertiary/aromatic N) is 1. The Morgan fingerprint density at radius 1 is 1.26 bits per heavy atom. The number of aryl methyl sites for hydroxylation is 1. The Labute approximate surface area is 157 Å². The van der Waals surface area contributed by atoms with Gasteiger partial charge in [0.2, 0.25) is 0 Å². The van der Waals surface area contributed by atoms with Gasteiger partial charge in [-0.1, -0.05) is 17.7 Å². The summed E-state index contributed by atoms with van der Waals surface area (Å²) in [5.74, 6) is 1.52. The zero-order valence-corrected chi connectivity index (χ0v) is 15.5. The van der Waals surface area contributed by atoms with Crippen LogP contribution in [0.15, 0.2) is 46.0 Å². The summed E-state index contributed by atoms with van der Waals surface area (Å²) in [6, 6.07) is 8.77. The summed E-state index contributed by atoms with van der Waals surface area (Å²) < 4.78 is 40.3. The highest BCUT2D eigenvalue weighted by molar-refractivity contribution is 5.79. The largest absolute Gasteiger partial charge is 0.467 e. The number of rotatable bonds is 10. The first-order chi connectivity index (χ1) is 13.1. The summed E-state index contributed by atoms with van der Waals surface area (Å²) >= 11 is 0. The van der Waals surface area contributed by atoms with Gasteiger partial charge in [0, 0.05) is 32.3 Å². The lowest BCUT2D eigenvalue weighted by Crippen LogP contribution is -2.37. The van der Waals surface area contributed by atoms with E-state index in [1.54, 1.807) is 31.5 Å². The minimum absolute atomic E-state index is 0.157. The van der Waals surface area contributed by atoms with E-state index in [-0.39, 0.29) is 5.75 Å². The van der Waals surface area contributed by atoms with E-state index in [9.17, 15) is 8.78 Å². The quantitative estimate of drug-likeness (QED) is 0.375. The molecule has 0 saturated carbocycles. The molecule has 0 aliphatic carbocycles. The van der Waals surface area contributed by atoms with Crippen LogP contribution in [-0.4, -0.2) is 32.8 Å². The Morgan fingerprint density at radius 2 is 2.11 bits per heavy atom. The molecule has 2 aromatic rings. The van der Waals surface area contributed by atoms with Crippen LogP contribution in [0.1, 0.15) is 23.3 Å². The number of furan rings is 1. The summed E-state index contributed by atoms with van der Waals surface area (Å²) in [6.07, 6.45) is 2.40. The molecule has 0 radical (unpaired) electrons. The maximum Gasteiger partial charge on any atom is 0.387 e. The van der Waals surface area contributed by atoms with Gasteiger partial charge < -0.3 is 24.5 Å². The molecule has 2 rings (SSSR count). The maximum absolute atomic E-state index is 12.5. The van der Waals surface area contributed by atoms with Gasteiger partial charge in [-0.25, -0.2) is 0 Å². The second-order valence-corrected chi connectivity index (χ2v) is 5.83. The third-order valence-corrected chi connectivity index (χ3v) is 3.68. The predicted octanol–water partition coefficient (Wildman–Crippen LogP) is 3.46. The number of nitrogens with one attached hydrogen (secondary N) is 2. The summed E-state index contributed by atoms with van der Waals surface area (Å²) in [7, 11) is 1.65. The number of halogens is 2. The lowest BCUT2D eigenvalue weighted by atomic mass is 10.1. The van der Waals surface area contributed by atoms with Crippen molar-refractivity contribution >= 4 is 5.96 Å². The smallest absolute Gasteiger partial charge is 0.387 e. The molecule has 1 aromatic carbocycles. The third kappa shape index (κ3) is 7.65. The number of guanidine groups is 1. The van der Waals surface area contributed by atoms with Crippen molar-refractivity contribution in [2.24, 2.45) is 4.99 Å². The number of benzene rings is 1. The van der Waals surface area contributed by atoms with Crippen molar-refractivity contribution in [1.29, 1.82) is 0 Å². The number of aliphatic imine (C=N–C) groups is 1. The minimum atomic E-state index is -2.86. The van der Waals surface area contributed by atoms with Crippen LogP contribution in [-0.2, 0) is 17.9 Å². The molecule has 0 atom stereocenters. The van der Waals surface area contributed by atoms with E-state index in [1.807, 2.05) is 19.1 Å². The number of hydrogen-bond acceptors (Lipinski definition) is 4. The first-order valence-electron chi connectivity index (χ1n) is 8.67. The fourth-order valence-corrected chi connectivity index (χ4v) is 2.41. The SMILES string of the molecule is CN=C(NCCCOCc1ccco1)NCc1cc(C)ccc1OC(F)F. The van der Waals surface area contributed by atoms with E-state index < -0.39 is 6.61 Å². The van der Waals surface area contributed by atoms with E-state index >= 15 is 0 Å². The van der Waals surface area contributed by atoms with E-state index in [1.165, 1.54) is 0 Å². The third-order valence-electron chi connectivity index (χ3n) is 3.68. The zero-order chi connectivity index (χ0) is 19.5. The van der Waals surface area contributed by atoms with Gasteiger partial charge in [0.25, 0.3) is 0 Å². The predicted molar refractivity (Wildman–Crippen MR) is 99.0 cm³/mol. The molecular weight excluding hydrogens is 356 g/mol. The first kappa shape index (κ1) is 20.7. The summed E-state index contributed by atoms with van der Waals surface area (Å²) in [5, 5.41) is 6.25.